The molecule has 0 heterocycles. The van der Waals surface area contributed by atoms with Crippen LogP contribution in [0.2, 0.25) is 15.1 Å². The maximum atomic E-state index is 11.7. The molecule has 0 fully saturated rings. The molecular formula is C12H15Cl3N2O2. The molecule has 0 amide bonds. The van der Waals surface area contributed by atoms with Crippen LogP contribution in [0.1, 0.15) is 19.3 Å². The summed E-state index contributed by atoms with van der Waals surface area (Å²) in [5.74, 6) is -0.410. The third-order valence-electron chi connectivity index (χ3n) is 2.46. The number of halogens is 3. The summed E-state index contributed by atoms with van der Waals surface area (Å²) < 4.78 is 5.10. The van der Waals surface area contributed by atoms with E-state index in [9.17, 15) is 4.79 Å². The molecule has 0 bridgehead atoms. The van der Waals surface area contributed by atoms with Gasteiger partial charge >= 0.3 is 5.97 Å². The first-order chi connectivity index (χ1) is 8.95. The summed E-state index contributed by atoms with van der Waals surface area (Å²) in [5, 5.41) is 0.751. The first-order valence-corrected chi connectivity index (χ1v) is 6.91. The second kappa shape index (κ2) is 7.92. The van der Waals surface area contributed by atoms with Crippen LogP contribution >= 0.6 is 34.8 Å². The molecule has 1 aromatic rings. The smallest absolute Gasteiger partial charge is 0.328 e. The van der Waals surface area contributed by atoms with E-state index in [0.717, 1.165) is 12.8 Å². The van der Waals surface area contributed by atoms with Crippen LogP contribution in [0.15, 0.2) is 12.1 Å². The van der Waals surface area contributed by atoms with Crippen LogP contribution in [0.3, 0.4) is 0 Å². The highest BCUT2D eigenvalue weighted by Gasteiger charge is 2.17. The van der Waals surface area contributed by atoms with Crippen molar-refractivity contribution in [1.82, 2.24) is 0 Å². The molecule has 4 nitrogen and oxygen atoms in total. The minimum Gasteiger partial charge on any atom is -0.424 e. The molecule has 0 saturated carbocycles. The van der Waals surface area contributed by atoms with Crippen LogP contribution in [0, 0.1) is 0 Å². The monoisotopic (exact) mass is 324 g/mol. The van der Waals surface area contributed by atoms with Crippen LogP contribution in [0.4, 0.5) is 0 Å². The van der Waals surface area contributed by atoms with Crippen LogP contribution in [-0.2, 0) is 4.79 Å². The summed E-state index contributed by atoms with van der Waals surface area (Å²) in [6, 6.07) is 2.09. The summed E-state index contributed by atoms with van der Waals surface area (Å²) in [6.45, 7) is 0.570. The fraction of sp³-hybridized carbons (Fsp3) is 0.417. The van der Waals surface area contributed by atoms with Gasteiger partial charge in [-0.1, -0.05) is 41.2 Å². The Labute approximate surface area is 126 Å². The molecule has 19 heavy (non-hydrogen) atoms. The Balaban J connectivity index is 2.64. The van der Waals surface area contributed by atoms with Crippen molar-refractivity contribution in [3.05, 3.63) is 27.2 Å². The maximum absolute atomic E-state index is 11.7. The van der Waals surface area contributed by atoms with E-state index < -0.39 is 12.0 Å². The number of nitrogens with two attached hydrogens (primary N) is 2. The number of carbonyl (C=O) groups is 1. The van der Waals surface area contributed by atoms with Crippen molar-refractivity contribution in [1.29, 1.82) is 0 Å². The van der Waals surface area contributed by atoms with Gasteiger partial charge in [-0.15, -0.1) is 0 Å². The Hall–Kier alpha value is -0.520. The zero-order valence-electron chi connectivity index (χ0n) is 10.2. The fourth-order valence-electron chi connectivity index (χ4n) is 1.39. The summed E-state index contributed by atoms with van der Waals surface area (Å²) in [6.07, 6.45) is 2.09. The van der Waals surface area contributed by atoms with Gasteiger partial charge in [-0.3, -0.25) is 0 Å². The summed E-state index contributed by atoms with van der Waals surface area (Å²) >= 11 is 17.5. The number of hydrogen-bond acceptors (Lipinski definition) is 4. The Morgan fingerprint density at radius 1 is 1.16 bits per heavy atom. The SMILES string of the molecule is NCCCCC(N)C(=O)Oc1cc(Cl)c(Cl)cc1Cl. The number of unbranched alkanes of at least 4 members (excludes halogenated alkanes) is 1. The van der Waals surface area contributed by atoms with Crippen molar-refractivity contribution in [3.63, 3.8) is 0 Å². The predicted octanol–water partition coefficient (Wildman–Crippen LogP) is 3.01. The molecule has 0 spiro atoms. The molecule has 7 heteroatoms. The highest BCUT2D eigenvalue weighted by atomic mass is 35.5. The molecule has 1 atom stereocenters. The van der Waals surface area contributed by atoms with Gasteiger partial charge in [0.15, 0.2) is 5.75 Å². The highest BCUT2D eigenvalue weighted by molar-refractivity contribution is 6.43. The van der Waals surface area contributed by atoms with Gasteiger partial charge in [0.1, 0.15) is 6.04 Å². The molecule has 0 aliphatic carbocycles. The zero-order chi connectivity index (χ0) is 14.4. The Bertz CT molecular complexity index is 455. The second-order valence-electron chi connectivity index (χ2n) is 4.01. The maximum Gasteiger partial charge on any atom is 0.328 e. The fourth-order valence-corrected chi connectivity index (χ4v) is 1.97. The quantitative estimate of drug-likeness (QED) is 0.365. The van der Waals surface area contributed by atoms with E-state index in [4.69, 9.17) is 51.0 Å². The molecule has 4 N–H and O–H groups in total. The normalized spacial score (nSPS) is 12.3. The van der Waals surface area contributed by atoms with Gasteiger partial charge in [0.25, 0.3) is 0 Å². The van der Waals surface area contributed by atoms with Crippen molar-refractivity contribution < 1.29 is 9.53 Å². The van der Waals surface area contributed by atoms with Gasteiger partial charge < -0.3 is 16.2 Å². The van der Waals surface area contributed by atoms with Gasteiger partial charge in [0.05, 0.1) is 15.1 Å². The number of benzene rings is 1. The van der Waals surface area contributed by atoms with Gasteiger partial charge in [0.2, 0.25) is 0 Å². The van der Waals surface area contributed by atoms with Crippen molar-refractivity contribution in [2.45, 2.75) is 25.3 Å². The molecule has 1 aromatic carbocycles. The standard InChI is InChI=1S/C12H15Cl3N2O2/c13-7-5-9(15)11(6-8(7)14)19-12(18)10(17)3-1-2-4-16/h5-6,10H,1-4,16-17H2. The highest BCUT2D eigenvalue weighted by Crippen LogP contribution is 2.34. The summed E-state index contributed by atoms with van der Waals surface area (Å²) in [4.78, 5) is 11.7. The molecular weight excluding hydrogens is 311 g/mol. The molecule has 106 valence electrons. The first kappa shape index (κ1) is 16.5. The van der Waals surface area contributed by atoms with Crippen molar-refractivity contribution in [2.24, 2.45) is 11.5 Å². The molecule has 1 unspecified atom stereocenters. The average molecular weight is 326 g/mol. The molecule has 0 aromatic heterocycles. The van der Waals surface area contributed by atoms with Gasteiger partial charge in [-0.25, -0.2) is 4.79 Å². The van der Waals surface area contributed by atoms with E-state index in [0.29, 0.717) is 18.0 Å². The van der Waals surface area contributed by atoms with E-state index in [1.165, 1.54) is 12.1 Å². The second-order valence-corrected chi connectivity index (χ2v) is 5.23. The minimum atomic E-state index is -0.711. The Kier molecular flexibility index (Phi) is 6.89. The molecule has 0 radical (unpaired) electrons. The lowest BCUT2D eigenvalue weighted by atomic mass is 10.1. The van der Waals surface area contributed by atoms with E-state index >= 15 is 0 Å². The Morgan fingerprint density at radius 2 is 1.79 bits per heavy atom. The van der Waals surface area contributed by atoms with Crippen molar-refractivity contribution >= 4 is 40.8 Å². The van der Waals surface area contributed by atoms with E-state index in [2.05, 4.69) is 0 Å². The van der Waals surface area contributed by atoms with Crippen molar-refractivity contribution in [2.75, 3.05) is 6.54 Å². The average Bonchev–Trinajstić information content (AvgIpc) is 2.36. The number of esters is 1. The summed E-state index contributed by atoms with van der Waals surface area (Å²) in [5.41, 5.74) is 11.1. The van der Waals surface area contributed by atoms with E-state index in [1.54, 1.807) is 0 Å². The zero-order valence-corrected chi connectivity index (χ0v) is 12.4. The topological polar surface area (TPSA) is 78.3 Å². The Morgan fingerprint density at radius 3 is 2.42 bits per heavy atom. The number of hydrogen-bond donors (Lipinski definition) is 2. The third kappa shape index (κ3) is 5.16. The lowest BCUT2D eigenvalue weighted by molar-refractivity contribution is -0.136. The molecule has 0 aliphatic heterocycles. The number of ether oxygens (including phenoxy) is 1. The number of carbonyl (C=O) groups excluding carboxylic acids is 1. The van der Waals surface area contributed by atoms with Crippen LogP contribution in [0.5, 0.6) is 5.75 Å². The largest absolute Gasteiger partial charge is 0.424 e. The molecule has 0 aliphatic rings. The van der Waals surface area contributed by atoms with Crippen molar-refractivity contribution in [3.8, 4) is 5.75 Å². The first-order valence-electron chi connectivity index (χ1n) is 5.77. The van der Waals surface area contributed by atoms with Gasteiger partial charge in [-0.2, -0.15) is 0 Å². The van der Waals surface area contributed by atoms with Crippen LogP contribution in [-0.4, -0.2) is 18.6 Å². The predicted molar refractivity (Wildman–Crippen MR) is 78.0 cm³/mol. The van der Waals surface area contributed by atoms with E-state index in [-0.39, 0.29) is 15.8 Å². The minimum absolute atomic E-state index is 0.148. The third-order valence-corrected chi connectivity index (χ3v) is 3.47. The number of rotatable bonds is 6. The van der Waals surface area contributed by atoms with Crippen LogP contribution < -0.4 is 16.2 Å². The van der Waals surface area contributed by atoms with Gasteiger partial charge in [0, 0.05) is 6.07 Å². The molecule has 1 rings (SSSR count). The lowest BCUT2D eigenvalue weighted by Gasteiger charge is -2.12. The van der Waals surface area contributed by atoms with Gasteiger partial charge in [-0.05, 0) is 25.5 Å². The lowest BCUT2D eigenvalue weighted by Crippen LogP contribution is -2.34. The summed E-state index contributed by atoms with van der Waals surface area (Å²) in [7, 11) is 0. The molecule has 0 saturated heterocycles. The van der Waals surface area contributed by atoms with Crippen LogP contribution in [0.25, 0.3) is 0 Å². The van der Waals surface area contributed by atoms with E-state index in [1.807, 2.05) is 0 Å².